The minimum Gasteiger partial charge on any atom is -0.481 e. The second-order valence-corrected chi connectivity index (χ2v) is 7.35. The summed E-state index contributed by atoms with van der Waals surface area (Å²) in [4.78, 5) is 10.4. The van der Waals surface area contributed by atoms with Crippen LogP contribution in [-0.2, 0) is 4.79 Å². The summed E-state index contributed by atoms with van der Waals surface area (Å²) in [5.41, 5.74) is 0. The first-order valence-electron chi connectivity index (χ1n) is 9.95. The fraction of sp³-hybridized carbons (Fsp3) is 0.950. The van der Waals surface area contributed by atoms with Crippen molar-refractivity contribution in [1.29, 1.82) is 0 Å². The Hall–Kier alpha value is -0.530. The predicted octanol–water partition coefficient (Wildman–Crippen LogP) is 6.58. The third-order valence-corrected chi connectivity index (χ3v) is 5.47. The van der Waals surface area contributed by atoms with Crippen molar-refractivity contribution < 1.29 is 9.90 Å². The molecule has 1 aliphatic carbocycles. The highest BCUT2D eigenvalue weighted by atomic mass is 16.4. The van der Waals surface area contributed by atoms with Gasteiger partial charge < -0.3 is 5.11 Å². The van der Waals surface area contributed by atoms with Gasteiger partial charge in [0.25, 0.3) is 0 Å². The van der Waals surface area contributed by atoms with Gasteiger partial charge in [-0.2, -0.15) is 0 Å². The standard InChI is InChI=1S/C20H38O2/c1-2-3-4-5-7-10-13-18-16-17-19(18)14-11-8-6-9-12-15-20(21)22/h18-19H,2-17H2,1H3,(H,21,22). The van der Waals surface area contributed by atoms with Crippen LogP contribution in [0.3, 0.4) is 0 Å². The van der Waals surface area contributed by atoms with E-state index < -0.39 is 5.97 Å². The van der Waals surface area contributed by atoms with E-state index in [4.69, 9.17) is 5.11 Å². The van der Waals surface area contributed by atoms with Crippen molar-refractivity contribution in [3.63, 3.8) is 0 Å². The van der Waals surface area contributed by atoms with Crippen LogP contribution in [0.4, 0.5) is 0 Å². The van der Waals surface area contributed by atoms with Crippen LogP contribution < -0.4 is 0 Å². The van der Waals surface area contributed by atoms with Gasteiger partial charge in [0.05, 0.1) is 0 Å². The van der Waals surface area contributed by atoms with E-state index in [-0.39, 0.29) is 0 Å². The molecule has 2 nitrogen and oxygen atoms in total. The monoisotopic (exact) mass is 310 g/mol. The van der Waals surface area contributed by atoms with Crippen LogP contribution in [0.5, 0.6) is 0 Å². The van der Waals surface area contributed by atoms with Crippen molar-refractivity contribution in [2.45, 2.75) is 110 Å². The first kappa shape index (κ1) is 19.5. The van der Waals surface area contributed by atoms with Crippen LogP contribution >= 0.6 is 0 Å². The molecule has 0 radical (unpaired) electrons. The molecular weight excluding hydrogens is 272 g/mol. The van der Waals surface area contributed by atoms with E-state index >= 15 is 0 Å². The Kier molecular flexibility index (Phi) is 11.5. The first-order chi connectivity index (χ1) is 10.7. The molecule has 1 N–H and O–H groups in total. The van der Waals surface area contributed by atoms with Gasteiger partial charge in [0.2, 0.25) is 0 Å². The molecule has 1 saturated carbocycles. The van der Waals surface area contributed by atoms with Crippen LogP contribution in [0.2, 0.25) is 0 Å². The third kappa shape index (κ3) is 9.48. The average molecular weight is 311 g/mol. The number of unbranched alkanes of at least 4 members (excludes halogenated alkanes) is 9. The molecule has 1 fully saturated rings. The Bertz CT molecular complexity index is 275. The molecule has 22 heavy (non-hydrogen) atoms. The molecule has 0 aromatic heterocycles. The maximum Gasteiger partial charge on any atom is 0.303 e. The summed E-state index contributed by atoms with van der Waals surface area (Å²) in [6.07, 6.45) is 20.6. The Labute approximate surface area is 138 Å². The highest BCUT2D eigenvalue weighted by Gasteiger charge is 2.29. The maximum absolute atomic E-state index is 10.4. The number of rotatable bonds is 15. The lowest BCUT2D eigenvalue weighted by Crippen LogP contribution is -2.25. The van der Waals surface area contributed by atoms with E-state index in [1.807, 2.05) is 0 Å². The zero-order chi connectivity index (χ0) is 16.0. The molecule has 2 atom stereocenters. The fourth-order valence-electron chi connectivity index (χ4n) is 3.80. The summed E-state index contributed by atoms with van der Waals surface area (Å²) < 4.78 is 0. The van der Waals surface area contributed by atoms with Gasteiger partial charge in [0, 0.05) is 6.42 Å². The highest BCUT2D eigenvalue weighted by Crippen LogP contribution is 2.41. The molecule has 0 heterocycles. The van der Waals surface area contributed by atoms with Crippen molar-refractivity contribution in [1.82, 2.24) is 0 Å². The van der Waals surface area contributed by atoms with Gasteiger partial charge in [-0.25, -0.2) is 0 Å². The van der Waals surface area contributed by atoms with E-state index in [1.165, 1.54) is 83.5 Å². The van der Waals surface area contributed by atoms with Gasteiger partial charge >= 0.3 is 5.97 Å². The predicted molar refractivity (Wildman–Crippen MR) is 94.2 cm³/mol. The minimum absolute atomic E-state index is 0.350. The van der Waals surface area contributed by atoms with Crippen LogP contribution in [0.25, 0.3) is 0 Å². The van der Waals surface area contributed by atoms with E-state index in [2.05, 4.69) is 6.92 Å². The quantitative estimate of drug-likeness (QED) is 0.347. The normalized spacial score (nSPS) is 20.8. The van der Waals surface area contributed by atoms with E-state index in [1.54, 1.807) is 0 Å². The molecule has 2 unspecified atom stereocenters. The number of carboxylic acids is 1. The molecule has 130 valence electrons. The Morgan fingerprint density at radius 3 is 1.68 bits per heavy atom. The van der Waals surface area contributed by atoms with Crippen LogP contribution in [-0.4, -0.2) is 11.1 Å². The summed E-state index contributed by atoms with van der Waals surface area (Å²) >= 11 is 0. The molecule has 0 spiro atoms. The number of hydrogen-bond acceptors (Lipinski definition) is 1. The SMILES string of the molecule is CCCCCCCCC1CCC1CCCCCCCC(=O)O. The third-order valence-electron chi connectivity index (χ3n) is 5.47. The zero-order valence-electron chi connectivity index (χ0n) is 14.8. The van der Waals surface area contributed by atoms with Gasteiger partial charge in [-0.3, -0.25) is 4.79 Å². The number of carboxylic acid groups (broad SMARTS) is 1. The first-order valence-corrected chi connectivity index (χ1v) is 9.95. The summed E-state index contributed by atoms with van der Waals surface area (Å²) in [7, 11) is 0. The molecule has 0 amide bonds. The maximum atomic E-state index is 10.4. The summed E-state index contributed by atoms with van der Waals surface area (Å²) in [5, 5.41) is 8.59. The van der Waals surface area contributed by atoms with E-state index in [9.17, 15) is 4.79 Å². The Morgan fingerprint density at radius 1 is 0.773 bits per heavy atom. The largest absolute Gasteiger partial charge is 0.481 e. The van der Waals surface area contributed by atoms with Crippen molar-refractivity contribution in [3.05, 3.63) is 0 Å². The van der Waals surface area contributed by atoms with Crippen LogP contribution in [0.15, 0.2) is 0 Å². The van der Waals surface area contributed by atoms with Crippen molar-refractivity contribution in [2.24, 2.45) is 11.8 Å². The average Bonchev–Trinajstić information content (AvgIpc) is 2.47. The molecule has 0 aliphatic heterocycles. The fourth-order valence-corrected chi connectivity index (χ4v) is 3.80. The molecule has 0 aromatic carbocycles. The molecule has 0 saturated heterocycles. The summed E-state index contributed by atoms with van der Waals surface area (Å²) in [6.45, 7) is 2.28. The van der Waals surface area contributed by atoms with Crippen LogP contribution in [0, 0.1) is 11.8 Å². The van der Waals surface area contributed by atoms with E-state index in [0.717, 1.165) is 24.7 Å². The highest BCUT2D eigenvalue weighted by molar-refractivity contribution is 5.66. The Morgan fingerprint density at radius 2 is 1.23 bits per heavy atom. The summed E-state index contributed by atoms with van der Waals surface area (Å²) in [5.74, 6) is 1.42. The molecule has 0 bridgehead atoms. The second-order valence-electron chi connectivity index (χ2n) is 7.35. The molecule has 1 aliphatic rings. The van der Waals surface area contributed by atoms with Gasteiger partial charge in [0.1, 0.15) is 0 Å². The van der Waals surface area contributed by atoms with Gasteiger partial charge in [-0.15, -0.1) is 0 Å². The minimum atomic E-state index is -0.646. The molecule has 1 rings (SSSR count). The van der Waals surface area contributed by atoms with E-state index in [0.29, 0.717) is 6.42 Å². The summed E-state index contributed by atoms with van der Waals surface area (Å²) in [6, 6.07) is 0. The lowest BCUT2D eigenvalue weighted by atomic mass is 9.69. The van der Waals surface area contributed by atoms with Gasteiger partial charge in [0.15, 0.2) is 0 Å². The molecule has 0 aromatic rings. The number of hydrogen-bond donors (Lipinski definition) is 1. The smallest absolute Gasteiger partial charge is 0.303 e. The number of aliphatic carboxylic acids is 1. The topological polar surface area (TPSA) is 37.3 Å². The second kappa shape index (κ2) is 13.0. The van der Waals surface area contributed by atoms with Gasteiger partial charge in [-0.05, 0) is 31.1 Å². The lowest BCUT2D eigenvalue weighted by Gasteiger charge is -2.37. The molecular formula is C20H38O2. The number of carbonyl (C=O) groups is 1. The van der Waals surface area contributed by atoms with Crippen LogP contribution in [0.1, 0.15) is 110 Å². The van der Waals surface area contributed by atoms with Gasteiger partial charge in [-0.1, -0.05) is 84.0 Å². The van der Waals surface area contributed by atoms with Crippen molar-refractivity contribution >= 4 is 5.97 Å². The van der Waals surface area contributed by atoms with Crippen molar-refractivity contribution in [3.8, 4) is 0 Å². The zero-order valence-corrected chi connectivity index (χ0v) is 14.8. The molecule has 2 heteroatoms. The Balaban J connectivity index is 1.86. The lowest BCUT2D eigenvalue weighted by molar-refractivity contribution is -0.137. The van der Waals surface area contributed by atoms with Crippen molar-refractivity contribution in [2.75, 3.05) is 0 Å².